The molecule has 2 rings (SSSR count). The normalized spacial score (nSPS) is 17.0. The molecule has 1 heterocycles. The predicted octanol–water partition coefficient (Wildman–Crippen LogP) is 3.33. The number of aliphatic hydroxyl groups is 1. The predicted molar refractivity (Wildman–Crippen MR) is 102 cm³/mol. The monoisotopic (exact) mass is 346 g/mol. The van der Waals surface area contributed by atoms with Crippen LogP contribution < -0.4 is 5.32 Å². The molecule has 0 bridgehead atoms. The smallest absolute Gasteiger partial charge is 0.225 e. The highest BCUT2D eigenvalue weighted by molar-refractivity contribution is 5.81. The number of carbonyl (C=O) groups is 1. The maximum atomic E-state index is 12.6. The van der Waals surface area contributed by atoms with Crippen LogP contribution in [0.25, 0.3) is 0 Å². The van der Waals surface area contributed by atoms with E-state index >= 15 is 0 Å². The van der Waals surface area contributed by atoms with Crippen molar-refractivity contribution in [2.45, 2.75) is 66.2 Å². The summed E-state index contributed by atoms with van der Waals surface area (Å²) in [5.41, 5.74) is 2.11. The molecule has 1 aromatic rings. The summed E-state index contributed by atoms with van der Waals surface area (Å²) in [6.07, 6.45) is 2.44. The van der Waals surface area contributed by atoms with Crippen LogP contribution in [0.4, 0.5) is 0 Å². The van der Waals surface area contributed by atoms with E-state index in [1.165, 1.54) is 11.1 Å². The number of likely N-dealkylation sites (tertiary alicyclic amines) is 1. The Balaban J connectivity index is 1.95. The van der Waals surface area contributed by atoms with Crippen LogP contribution in [-0.4, -0.2) is 35.1 Å². The molecule has 4 nitrogen and oxygen atoms in total. The number of aliphatic hydroxyl groups excluding tert-OH is 1. The van der Waals surface area contributed by atoms with Crippen LogP contribution in [0.1, 0.15) is 58.1 Å². The Kier molecular flexibility index (Phi) is 7.03. The van der Waals surface area contributed by atoms with Crippen LogP contribution in [-0.2, 0) is 17.9 Å². The first-order valence-corrected chi connectivity index (χ1v) is 9.53. The zero-order valence-electron chi connectivity index (χ0n) is 16.2. The summed E-state index contributed by atoms with van der Waals surface area (Å²) in [5, 5.41) is 12.8. The highest BCUT2D eigenvalue weighted by atomic mass is 16.3. The van der Waals surface area contributed by atoms with Gasteiger partial charge in [-0.1, -0.05) is 52.0 Å². The molecule has 2 N–H and O–H groups in total. The van der Waals surface area contributed by atoms with Crippen molar-refractivity contribution in [2.24, 2.45) is 11.3 Å². The first-order valence-electron chi connectivity index (χ1n) is 9.53. The van der Waals surface area contributed by atoms with Gasteiger partial charge in [0.15, 0.2) is 0 Å². The van der Waals surface area contributed by atoms with Crippen molar-refractivity contribution in [3.05, 3.63) is 35.4 Å². The van der Waals surface area contributed by atoms with Crippen LogP contribution in [0.3, 0.4) is 0 Å². The molecule has 0 spiro atoms. The van der Waals surface area contributed by atoms with Gasteiger partial charge in [0.2, 0.25) is 5.91 Å². The molecule has 1 aliphatic rings. The fourth-order valence-electron chi connectivity index (χ4n) is 3.73. The molecule has 4 heteroatoms. The van der Waals surface area contributed by atoms with Gasteiger partial charge in [0.25, 0.3) is 0 Å². The molecule has 0 unspecified atom stereocenters. The van der Waals surface area contributed by atoms with Crippen LogP contribution in [0.15, 0.2) is 24.3 Å². The molecule has 1 amide bonds. The van der Waals surface area contributed by atoms with E-state index < -0.39 is 0 Å². The summed E-state index contributed by atoms with van der Waals surface area (Å²) in [6, 6.07) is 8.34. The second kappa shape index (κ2) is 8.81. The lowest BCUT2D eigenvalue weighted by molar-refractivity contribution is -0.130. The number of amides is 1. The van der Waals surface area contributed by atoms with E-state index in [1.54, 1.807) is 0 Å². The molecular weight excluding hydrogens is 312 g/mol. The summed E-state index contributed by atoms with van der Waals surface area (Å²) in [7, 11) is 0. The minimum absolute atomic E-state index is 0.122. The summed E-state index contributed by atoms with van der Waals surface area (Å²) in [4.78, 5) is 14.9. The highest BCUT2D eigenvalue weighted by Crippen LogP contribution is 2.25. The summed E-state index contributed by atoms with van der Waals surface area (Å²) >= 11 is 0. The Morgan fingerprint density at radius 1 is 1.24 bits per heavy atom. The average molecular weight is 347 g/mol. The van der Waals surface area contributed by atoms with Gasteiger partial charge >= 0.3 is 0 Å². The van der Waals surface area contributed by atoms with Gasteiger partial charge < -0.3 is 10.4 Å². The maximum absolute atomic E-state index is 12.6. The second-order valence-electron chi connectivity index (χ2n) is 8.44. The average Bonchev–Trinajstić information content (AvgIpc) is 2.54. The van der Waals surface area contributed by atoms with Gasteiger partial charge in [0, 0.05) is 31.6 Å². The largest absolute Gasteiger partial charge is 0.393 e. The fourth-order valence-corrected chi connectivity index (χ4v) is 3.73. The second-order valence-corrected chi connectivity index (χ2v) is 8.44. The number of nitrogens with one attached hydrogen (secondary N) is 1. The van der Waals surface area contributed by atoms with Crippen molar-refractivity contribution in [1.82, 2.24) is 10.2 Å². The minimum atomic E-state index is -0.341. The summed E-state index contributed by atoms with van der Waals surface area (Å²) in [5.74, 6) is 0.625. The van der Waals surface area contributed by atoms with E-state index in [4.69, 9.17) is 0 Å². The molecule has 1 fully saturated rings. The number of benzene rings is 1. The maximum Gasteiger partial charge on any atom is 0.225 e. The van der Waals surface area contributed by atoms with E-state index in [0.717, 1.165) is 38.9 Å². The minimum Gasteiger partial charge on any atom is -0.393 e. The van der Waals surface area contributed by atoms with E-state index in [1.807, 2.05) is 19.9 Å². The van der Waals surface area contributed by atoms with Crippen molar-refractivity contribution in [2.75, 3.05) is 13.1 Å². The molecule has 0 aromatic heterocycles. The van der Waals surface area contributed by atoms with Gasteiger partial charge in [0.1, 0.15) is 0 Å². The van der Waals surface area contributed by atoms with E-state index in [2.05, 4.69) is 42.3 Å². The van der Waals surface area contributed by atoms with E-state index in [0.29, 0.717) is 12.5 Å². The Morgan fingerprint density at radius 3 is 2.44 bits per heavy atom. The van der Waals surface area contributed by atoms with Gasteiger partial charge in [-0.3, -0.25) is 9.69 Å². The number of nitrogens with zero attached hydrogens (tertiary/aromatic N) is 1. The third kappa shape index (κ3) is 6.12. The van der Waals surface area contributed by atoms with Gasteiger partial charge in [0.05, 0.1) is 6.10 Å². The van der Waals surface area contributed by atoms with Crippen LogP contribution in [0.2, 0.25) is 0 Å². The topological polar surface area (TPSA) is 52.6 Å². The van der Waals surface area contributed by atoms with Gasteiger partial charge in [-0.25, -0.2) is 0 Å². The van der Waals surface area contributed by atoms with Crippen molar-refractivity contribution in [3.8, 4) is 0 Å². The van der Waals surface area contributed by atoms with E-state index in [-0.39, 0.29) is 17.4 Å². The lowest BCUT2D eigenvalue weighted by atomic mass is 9.83. The molecule has 0 atom stereocenters. The number of piperidine rings is 1. The molecule has 0 saturated carbocycles. The molecule has 0 radical (unpaired) electrons. The molecule has 1 saturated heterocycles. The summed E-state index contributed by atoms with van der Waals surface area (Å²) in [6.45, 7) is 11.7. The first kappa shape index (κ1) is 19.9. The zero-order valence-corrected chi connectivity index (χ0v) is 16.2. The van der Waals surface area contributed by atoms with Crippen LogP contribution in [0.5, 0.6) is 0 Å². The molecule has 1 aromatic carbocycles. The number of hydrogen-bond acceptors (Lipinski definition) is 3. The van der Waals surface area contributed by atoms with Gasteiger partial charge in [-0.2, -0.15) is 0 Å². The third-order valence-corrected chi connectivity index (χ3v) is 5.04. The SMILES string of the molecule is CC(C)CC(C)(C)C(=O)NCc1ccccc1CN1CCC(O)CC1. The van der Waals surface area contributed by atoms with E-state index in [9.17, 15) is 9.90 Å². The van der Waals surface area contributed by atoms with Gasteiger partial charge in [-0.05, 0) is 36.3 Å². The first-order chi connectivity index (χ1) is 11.8. The standard InChI is InChI=1S/C21H34N2O2/c1-16(2)13-21(3,4)20(25)22-14-17-7-5-6-8-18(17)15-23-11-9-19(24)10-12-23/h5-8,16,19,24H,9-15H2,1-4H3,(H,22,25). The molecule has 0 aliphatic carbocycles. The lowest BCUT2D eigenvalue weighted by Crippen LogP contribution is -2.38. The number of rotatable bonds is 7. The third-order valence-electron chi connectivity index (χ3n) is 5.04. The van der Waals surface area contributed by atoms with Crippen molar-refractivity contribution in [1.29, 1.82) is 0 Å². The molecule has 25 heavy (non-hydrogen) atoms. The number of hydrogen-bond donors (Lipinski definition) is 2. The van der Waals surface area contributed by atoms with Crippen molar-refractivity contribution >= 4 is 5.91 Å². The molecule has 1 aliphatic heterocycles. The van der Waals surface area contributed by atoms with Crippen LogP contribution in [0, 0.1) is 11.3 Å². The van der Waals surface area contributed by atoms with Gasteiger partial charge in [-0.15, -0.1) is 0 Å². The highest BCUT2D eigenvalue weighted by Gasteiger charge is 2.28. The Morgan fingerprint density at radius 2 is 1.84 bits per heavy atom. The van der Waals surface area contributed by atoms with Crippen molar-refractivity contribution in [3.63, 3.8) is 0 Å². The quantitative estimate of drug-likeness (QED) is 0.796. The summed E-state index contributed by atoms with van der Waals surface area (Å²) < 4.78 is 0. The lowest BCUT2D eigenvalue weighted by Gasteiger charge is -2.30. The fraction of sp³-hybridized carbons (Fsp3) is 0.667. The zero-order chi connectivity index (χ0) is 18.4. The number of carbonyl (C=O) groups excluding carboxylic acids is 1. The Bertz CT molecular complexity index is 561. The Hall–Kier alpha value is -1.39. The molecular formula is C21H34N2O2. The Labute approximate surface area is 152 Å². The van der Waals surface area contributed by atoms with Crippen molar-refractivity contribution < 1.29 is 9.90 Å². The molecule has 140 valence electrons. The van der Waals surface area contributed by atoms with Crippen LogP contribution >= 0.6 is 0 Å².